The molecule has 6 rings (SSSR count). The predicted octanol–water partition coefficient (Wildman–Crippen LogP) is 6.49. The Kier molecular flexibility index (Phi) is 7.28. The predicted molar refractivity (Wildman–Crippen MR) is 157 cm³/mol. The van der Waals surface area contributed by atoms with Gasteiger partial charge < -0.3 is 14.9 Å². The van der Waals surface area contributed by atoms with Gasteiger partial charge in [0.05, 0.1) is 16.6 Å². The normalized spacial score (nSPS) is 28.0. The maximum absolute atomic E-state index is 14.8. The minimum Gasteiger partial charge on any atom is -0.481 e. The van der Waals surface area contributed by atoms with E-state index in [4.69, 9.17) is 46.4 Å². The van der Waals surface area contributed by atoms with Crippen molar-refractivity contribution in [2.45, 2.75) is 50.1 Å². The monoisotopic (exact) mass is 623 g/mol. The molecule has 2 aromatic rings. The van der Waals surface area contributed by atoms with Gasteiger partial charge in [-0.3, -0.25) is 19.3 Å². The minimum absolute atomic E-state index is 0.265. The Hall–Kier alpha value is -2.03. The standard InChI is InChI=1S/C29H29Cl4N3O4/c1-34-25-20(12-18(32)13-21(25)33)29(28(34)40)24(27(38)39)23(22-7-4-8-36(22)29)26(37)35(14-15-5-2-3-6-15)19-10-16(30)9-17(31)11-19/h9-13,15,22-24H,2-8,14H2,1H3,(H,38,39)/t22-,23+,24-,29?/m0/s1. The van der Waals surface area contributed by atoms with E-state index < -0.39 is 35.3 Å². The number of hydrogen-bond acceptors (Lipinski definition) is 4. The second-order valence-electron chi connectivity index (χ2n) is 11.4. The fourth-order valence-corrected chi connectivity index (χ4v) is 8.94. The second-order valence-corrected chi connectivity index (χ2v) is 13.1. The number of likely N-dealkylation sites (N-methyl/N-ethyl adjacent to an activating group) is 1. The van der Waals surface area contributed by atoms with Crippen LogP contribution in [0.4, 0.5) is 11.4 Å². The molecule has 0 radical (unpaired) electrons. The molecule has 1 N–H and O–H groups in total. The van der Waals surface area contributed by atoms with Crippen molar-refractivity contribution in [1.29, 1.82) is 0 Å². The molecule has 4 aliphatic rings. The van der Waals surface area contributed by atoms with E-state index in [0.29, 0.717) is 51.5 Å². The number of anilines is 2. The van der Waals surface area contributed by atoms with Crippen LogP contribution < -0.4 is 9.80 Å². The summed E-state index contributed by atoms with van der Waals surface area (Å²) < 4.78 is 0. The van der Waals surface area contributed by atoms with E-state index in [1.807, 2.05) is 4.90 Å². The molecule has 3 fully saturated rings. The van der Waals surface area contributed by atoms with E-state index in [1.54, 1.807) is 42.3 Å². The number of aliphatic carboxylic acids is 1. The highest BCUT2D eigenvalue weighted by molar-refractivity contribution is 6.38. The van der Waals surface area contributed by atoms with Crippen LogP contribution in [0.15, 0.2) is 30.3 Å². The zero-order chi connectivity index (χ0) is 28.5. The van der Waals surface area contributed by atoms with Gasteiger partial charge in [-0.15, -0.1) is 0 Å². The number of carbonyl (C=O) groups is 3. The van der Waals surface area contributed by atoms with Crippen LogP contribution in [0.1, 0.15) is 44.1 Å². The highest BCUT2D eigenvalue weighted by Crippen LogP contribution is 2.61. The molecule has 1 saturated carbocycles. The second kappa shape index (κ2) is 10.4. The molecular weight excluding hydrogens is 596 g/mol. The smallest absolute Gasteiger partial charge is 0.310 e. The van der Waals surface area contributed by atoms with E-state index >= 15 is 0 Å². The third kappa shape index (κ3) is 4.15. The molecule has 1 spiro atoms. The fraction of sp³-hybridized carbons (Fsp3) is 0.483. The molecule has 7 nitrogen and oxygen atoms in total. The van der Waals surface area contributed by atoms with Crippen molar-refractivity contribution in [1.82, 2.24) is 4.90 Å². The zero-order valence-electron chi connectivity index (χ0n) is 21.9. The molecule has 2 saturated heterocycles. The molecule has 3 aliphatic heterocycles. The van der Waals surface area contributed by atoms with Crippen LogP contribution >= 0.6 is 46.4 Å². The molecule has 0 bridgehead atoms. The quantitative estimate of drug-likeness (QED) is 0.411. The third-order valence-electron chi connectivity index (χ3n) is 9.27. The molecule has 2 aromatic carbocycles. The first-order valence-electron chi connectivity index (χ1n) is 13.6. The number of benzene rings is 2. The Morgan fingerprint density at radius 1 is 0.975 bits per heavy atom. The van der Waals surface area contributed by atoms with Crippen molar-refractivity contribution in [3.63, 3.8) is 0 Å². The van der Waals surface area contributed by atoms with Gasteiger partial charge in [0.25, 0.3) is 5.91 Å². The lowest BCUT2D eigenvalue weighted by molar-refractivity contribution is -0.152. The summed E-state index contributed by atoms with van der Waals surface area (Å²) in [4.78, 5) is 47.3. The molecule has 2 amide bonds. The van der Waals surface area contributed by atoms with E-state index in [0.717, 1.165) is 32.1 Å². The Morgan fingerprint density at radius 2 is 1.62 bits per heavy atom. The van der Waals surface area contributed by atoms with E-state index in [-0.39, 0.29) is 16.8 Å². The van der Waals surface area contributed by atoms with Crippen molar-refractivity contribution in [3.05, 3.63) is 56.0 Å². The Morgan fingerprint density at radius 3 is 2.27 bits per heavy atom. The summed E-state index contributed by atoms with van der Waals surface area (Å²) in [7, 11) is 1.59. The number of carbonyl (C=O) groups excluding carboxylic acids is 2. The van der Waals surface area contributed by atoms with Crippen LogP contribution in [-0.4, -0.2) is 54.0 Å². The number of carboxylic acid groups (broad SMARTS) is 1. The third-order valence-corrected chi connectivity index (χ3v) is 10.2. The Labute approximate surface area is 252 Å². The van der Waals surface area contributed by atoms with Crippen LogP contribution in [0.3, 0.4) is 0 Å². The summed E-state index contributed by atoms with van der Waals surface area (Å²) in [5.41, 5.74) is -0.187. The number of hydrogen-bond donors (Lipinski definition) is 1. The number of halogens is 4. The zero-order valence-corrected chi connectivity index (χ0v) is 24.9. The van der Waals surface area contributed by atoms with Crippen molar-refractivity contribution >= 4 is 75.6 Å². The molecule has 4 atom stereocenters. The maximum atomic E-state index is 14.8. The Bertz CT molecular complexity index is 1390. The number of rotatable bonds is 5. The SMILES string of the molecule is CN1C(=O)C2(c3cc(Cl)cc(Cl)c31)[C@H](C(=O)O)[C@H](C(=O)N(CC1CCCC1)c1cc(Cl)cc(Cl)c1)[C@@H]1CCCN12. The van der Waals surface area contributed by atoms with Gasteiger partial charge in [0.1, 0.15) is 11.5 Å². The summed E-state index contributed by atoms with van der Waals surface area (Å²) in [5, 5.41) is 12.2. The first-order valence-corrected chi connectivity index (χ1v) is 15.1. The summed E-state index contributed by atoms with van der Waals surface area (Å²) in [5.74, 6) is -4.00. The first-order chi connectivity index (χ1) is 19.0. The topological polar surface area (TPSA) is 81.2 Å². The molecule has 212 valence electrons. The number of fused-ring (bicyclic) bond motifs is 4. The highest BCUT2D eigenvalue weighted by atomic mass is 35.5. The fourth-order valence-electron chi connectivity index (χ4n) is 7.80. The largest absolute Gasteiger partial charge is 0.481 e. The van der Waals surface area contributed by atoms with Crippen molar-refractivity contribution < 1.29 is 19.5 Å². The van der Waals surface area contributed by atoms with Crippen molar-refractivity contribution in [2.75, 3.05) is 29.9 Å². The maximum Gasteiger partial charge on any atom is 0.310 e. The number of carboxylic acids is 1. The lowest BCUT2D eigenvalue weighted by atomic mass is 9.73. The van der Waals surface area contributed by atoms with Crippen LogP contribution in [0.2, 0.25) is 20.1 Å². The Balaban J connectivity index is 1.52. The van der Waals surface area contributed by atoms with Gasteiger partial charge in [0.15, 0.2) is 0 Å². The van der Waals surface area contributed by atoms with Gasteiger partial charge in [-0.05, 0) is 68.5 Å². The van der Waals surface area contributed by atoms with E-state index in [9.17, 15) is 19.5 Å². The lowest BCUT2D eigenvalue weighted by Gasteiger charge is -2.36. The molecule has 1 unspecified atom stereocenters. The van der Waals surface area contributed by atoms with Crippen molar-refractivity contribution in [3.8, 4) is 0 Å². The van der Waals surface area contributed by atoms with Crippen molar-refractivity contribution in [2.24, 2.45) is 17.8 Å². The van der Waals surface area contributed by atoms with Crippen LogP contribution in [0.25, 0.3) is 0 Å². The van der Waals surface area contributed by atoms with Gasteiger partial charge in [-0.1, -0.05) is 59.2 Å². The molecule has 40 heavy (non-hydrogen) atoms. The van der Waals surface area contributed by atoms with Gasteiger partial charge in [-0.2, -0.15) is 0 Å². The van der Waals surface area contributed by atoms with Gasteiger partial charge in [0.2, 0.25) is 5.91 Å². The van der Waals surface area contributed by atoms with E-state index in [2.05, 4.69) is 0 Å². The van der Waals surface area contributed by atoms with Crippen LogP contribution in [-0.2, 0) is 19.9 Å². The van der Waals surface area contributed by atoms with E-state index in [1.165, 1.54) is 4.90 Å². The van der Waals surface area contributed by atoms with Crippen LogP contribution in [0, 0.1) is 17.8 Å². The summed E-state index contributed by atoms with van der Waals surface area (Å²) in [6.07, 6.45) is 5.47. The minimum atomic E-state index is -1.60. The highest BCUT2D eigenvalue weighted by Gasteiger charge is 2.72. The lowest BCUT2D eigenvalue weighted by Crippen LogP contribution is -2.55. The van der Waals surface area contributed by atoms with Gasteiger partial charge in [-0.25, -0.2) is 0 Å². The molecule has 0 aromatic heterocycles. The van der Waals surface area contributed by atoms with Crippen LogP contribution in [0.5, 0.6) is 0 Å². The molecule has 3 heterocycles. The molecule has 11 heteroatoms. The average Bonchev–Trinajstić information content (AvgIpc) is 3.64. The average molecular weight is 625 g/mol. The number of amides is 2. The number of nitrogens with zero attached hydrogens (tertiary/aromatic N) is 3. The summed E-state index contributed by atoms with van der Waals surface area (Å²) >= 11 is 25.7. The first kappa shape index (κ1) is 28.1. The molecule has 1 aliphatic carbocycles. The summed E-state index contributed by atoms with van der Waals surface area (Å²) in [6, 6.07) is 7.72. The van der Waals surface area contributed by atoms with Gasteiger partial charge >= 0.3 is 5.97 Å². The summed E-state index contributed by atoms with van der Waals surface area (Å²) in [6.45, 7) is 0.910. The molecular formula is C29H29Cl4N3O4. The van der Waals surface area contributed by atoms with Gasteiger partial charge in [0, 0.05) is 46.0 Å².